The second-order valence-electron chi connectivity index (χ2n) is 8.03. The highest BCUT2D eigenvalue weighted by molar-refractivity contribution is 5.80. The van der Waals surface area contributed by atoms with E-state index < -0.39 is 0 Å². The Labute approximate surface area is 174 Å². The minimum atomic E-state index is 0.316. The van der Waals surface area contributed by atoms with Crippen molar-refractivity contribution in [2.75, 3.05) is 64.4 Å². The van der Waals surface area contributed by atoms with Crippen molar-refractivity contribution in [1.29, 1.82) is 5.26 Å². The quantitative estimate of drug-likeness (QED) is 0.561. The number of hydrogen-bond acceptors (Lipinski definition) is 5. The standard InChI is InChI=1S/C22H34N6O/c1-18(16-27-10-12-29-13-11-27)15-25-22(24-2)26-20-7-5-9-28(17-20)21-8-4-3-6-19(21)14-23/h3-4,6,8,18,20H,5,7,9-13,15-17H2,1-2H3,(H2,24,25,26). The van der Waals surface area contributed by atoms with Crippen molar-refractivity contribution in [1.82, 2.24) is 15.5 Å². The molecule has 7 heteroatoms. The van der Waals surface area contributed by atoms with Crippen LogP contribution in [0.4, 0.5) is 5.69 Å². The molecule has 0 radical (unpaired) electrons. The number of nitrogens with one attached hydrogen (secondary N) is 2. The van der Waals surface area contributed by atoms with Crippen LogP contribution < -0.4 is 15.5 Å². The molecule has 29 heavy (non-hydrogen) atoms. The highest BCUT2D eigenvalue weighted by atomic mass is 16.5. The van der Waals surface area contributed by atoms with Crippen molar-refractivity contribution in [3.05, 3.63) is 29.8 Å². The number of ether oxygens (including phenoxy) is 1. The summed E-state index contributed by atoms with van der Waals surface area (Å²) in [6.07, 6.45) is 2.21. The molecule has 2 saturated heterocycles. The van der Waals surface area contributed by atoms with Gasteiger partial charge < -0.3 is 20.3 Å². The normalized spacial score (nSPS) is 22.0. The molecule has 3 rings (SSSR count). The monoisotopic (exact) mass is 398 g/mol. The van der Waals surface area contributed by atoms with Crippen LogP contribution >= 0.6 is 0 Å². The largest absolute Gasteiger partial charge is 0.379 e. The lowest BCUT2D eigenvalue weighted by Gasteiger charge is -2.36. The fraction of sp³-hybridized carbons (Fsp3) is 0.636. The van der Waals surface area contributed by atoms with Crippen LogP contribution in [0.3, 0.4) is 0 Å². The highest BCUT2D eigenvalue weighted by Gasteiger charge is 2.22. The number of hydrogen-bond donors (Lipinski definition) is 2. The van der Waals surface area contributed by atoms with E-state index in [9.17, 15) is 5.26 Å². The van der Waals surface area contributed by atoms with E-state index in [-0.39, 0.29) is 0 Å². The van der Waals surface area contributed by atoms with Crippen molar-refractivity contribution in [3.63, 3.8) is 0 Å². The molecule has 0 aromatic heterocycles. The number of benzene rings is 1. The predicted molar refractivity (Wildman–Crippen MR) is 117 cm³/mol. The number of para-hydroxylation sites is 1. The van der Waals surface area contributed by atoms with Crippen LogP contribution in [0.25, 0.3) is 0 Å². The summed E-state index contributed by atoms with van der Waals surface area (Å²) < 4.78 is 5.43. The van der Waals surface area contributed by atoms with Crippen LogP contribution in [-0.4, -0.2) is 76.4 Å². The molecule has 0 aliphatic carbocycles. The van der Waals surface area contributed by atoms with Crippen LogP contribution in [-0.2, 0) is 4.74 Å². The molecule has 2 fully saturated rings. The number of rotatable bonds is 6. The van der Waals surface area contributed by atoms with Crippen molar-refractivity contribution >= 4 is 11.6 Å². The highest BCUT2D eigenvalue weighted by Crippen LogP contribution is 2.23. The van der Waals surface area contributed by atoms with Gasteiger partial charge in [0.15, 0.2) is 5.96 Å². The first-order valence-electron chi connectivity index (χ1n) is 10.7. The van der Waals surface area contributed by atoms with Crippen LogP contribution in [0, 0.1) is 17.2 Å². The van der Waals surface area contributed by atoms with Crippen LogP contribution in [0.15, 0.2) is 29.3 Å². The third-order valence-electron chi connectivity index (χ3n) is 5.64. The second-order valence-corrected chi connectivity index (χ2v) is 8.03. The number of nitrogens with zero attached hydrogens (tertiary/aromatic N) is 4. The number of morpholine rings is 1. The average Bonchev–Trinajstić information content (AvgIpc) is 2.77. The van der Waals surface area contributed by atoms with Crippen LogP contribution in [0.1, 0.15) is 25.3 Å². The van der Waals surface area contributed by atoms with Crippen molar-refractivity contribution < 1.29 is 4.74 Å². The average molecular weight is 399 g/mol. The lowest BCUT2D eigenvalue weighted by atomic mass is 10.0. The Hall–Kier alpha value is -2.30. The van der Waals surface area contributed by atoms with Gasteiger partial charge in [-0.25, -0.2) is 0 Å². The summed E-state index contributed by atoms with van der Waals surface area (Å²) in [6.45, 7) is 9.85. The molecule has 158 valence electrons. The van der Waals surface area contributed by atoms with Gasteiger partial charge in [0.25, 0.3) is 0 Å². The summed E-state index contributed by atoms with van der Waals surface area (Å²) in [5.74, 6) is 1.40. The first kappa shape index (κ1) is 21.4. The van der Waals surface area contributed by atoms with E-state index in [0.29, 0.717) is 12.0 Å². The van der Waals surface area contributed by atoms with Gasteiger partial charge in [0.05, 0.1) is 24.5 Å². The summed E-state index contributed by atoms with van der Waals surface area (Å²) in [5, 5.41) is 16.5. The molecule has 2 aliphatic rings. The van der Waals surface area contributed by atoms with Crippen molar-refractivity contribution in [2.24, 2.45) is 10.9 Å². The molecule has 0 amide bonds. The molecule has 7 nitrogen and oxygen atoms in total. The SMILES string of the molecule is CN=C(NCC(C)CN1CCOCC1)NC1CCCN(c2ccccc2C#N)C1. The summed E-state index contributed by atoms with van der Waals surface area (Å²) in [5.41, 5.74) is 1.77. The molecule has 0 saturated carbocycles. The Balaban J connectivity index is 1.48. The van der Waals surface area contributed by atoms with E-state index in [0.717, 1.165) is 82.5 Å². The van der Waals surface area contributed by atoms with E-state index in [1.54, 1.807) is 0 Å². The van der Waals surface area contributed by atoms with Gasteiger partial charge in [0, 0.05) is 52.4 Å². The molecule has 1 aromatic rings. The second kappa shape index (κ2) is 11.0. The van der Waals surface area contributed by atoms with Gasteiger partial charge in [-0.2, -0.15) is 5.26 Å². The molecule has 0 spiro atoms. The predicted octanol–water partition coefficient (Wildman–Crippen LogP) is 1.66. The maximum absolute atomic E-state index is 9.41. The van der Waals surface area contributed by atoms with E-state index in [1.165, 1.54) is 0 Å². The number of aliphatic imine (C=N–C) groups is 1. The van der Waals surface area contributed by atoms with Gasteiger partial charge in [0.1, 0.15) is 6.07 Å². The molecule has 2 unspecified atom stereocenters. The van der Waals surface area contributed by atoms with Crippen LogP contribution in [0.2, 0.25) is 0 Å². The lowest BCUT2D eigenvalue weighted by molar-refractivity contribution is 0.0320. The zero-order valence-corrected chi connectivity index (χ0v) is 17.7. The van der Waals surface area contributed by atoms with Gasteiger partial charge in [-0.15, -0.1) is 0 Å². The Bertz CT molecular complexity index is 709. The lowest BCUT2D eigenvalue weighted by Crippen LogP contribution is -2.52. The molecule has 2 N–H and O–H groups in total. The fourth-order valence-corrected chi connectivity index (χ4v) is 4.11. The zero-order valence-electron chi connectivity index (χ0n) is 17.7. The maximum atomic E-state index is 9.41. The fourth-order valence-electron chi connectivity index (χ4n) is 4.11. The Morgan fingerprint density at radius 2 is 2.10 bits per heavy atom. The van der Waals surface area contributed by atoms with Gasteiger partial charge in [-0.3, -0.25) is 9.89 Å². The number of guanidine groups is 1. The Morgan fingerprint density at radius 1 is 1.31 bits per heavy atom. The zero-order chi connectivity index (χ0) is 20.5. The van der Waals surface area contributed by atoms with Gasteiger partial charge >= 0.3 is 0 Å². The minimum absolute atomic E-state index is 0.316. The van der Waals surface area contributed by atoms with E-state index >= 15 is 0 Å². The molecule has 2 heterocycles. The Kier molecular flexibility index (Phi) is 8.14. The van der Waals surface area contributed by atoms with E-state index in [4.69, 9.17) is 4.74 Å². The maximum Gasteiger partial charge on any atom is 0.191 e. The summed E-state index contributed by atoms with van der Waals surface area (Å²) >= 11 is 0. The number of anilines is 1. The van der Waals surface area contributed by atoms with Crippen molar-refractivity contribution in [3.8, 4) is 6.07 Å². The van der Waals surface area contributed by atoms with Gasteiger partial charge in [-0.1, -0.05) is 19.1 Å². The summed E-state index contributed by atoms with van der Waals surface area (Å²) in [7, 11) is 1.83. The first-order valence-corrected chi connectivity index (χ1v) is 10.7. The minimum Gasteiger partial charge on any atom is -0.379 e. The molecule has 2 aliphatic heterocycles. The number of piperidine rings is 1. The topological polar surface area (TPSA) is 75.9 Å². The first-order chi connectivity index (χ1) is 14.2. The third kappa shape index (κ3) is 6.34. The number of nitriles is 1. The summed E-state index contributed by atoms with van der Waals surface area (Å²) in [6, 6.07) is 10.5. The molecular formula is C22H34N6O. The third-order valence-corrected chi connectivity index (χ3v) is 5.64. The van der Waals surface area contributed by atoms with Gasteiger partial charge in [-0.05, 0) is 30.9 Å². The molecule has 2 atom stereocenters. The molecule has 0 bridgehead atoms. The van der Waals surface area contributed by atoms with Gasteiger partial charge in [0.2, 0.25) is 0 Å². The summed E-state index contributed by atoms with van der Waals surface area (Å²) in [4.78, 5) is 9.21. The molecule has 1 aromatic carbocycles. The van der Waals surface area contributed by atoms with E-state index in [1.807, 2.05) is 31.3 Å². The van der Waals surface area contributed by atoms with Crippen molar-refractivity contribution in [2.45, 2.75) is 25.8 Å². The smallest absolute Gasteiger partial charge is 0.191 e. The van der Waals surface area contributed by atoms with E-state index in [2.05, 4.69) is 38.4 Å². The Morgan fingerprint density at radius 3 is 2.86 bits per heavy atom. The van der Waals surface area contributed by atoms with Crippen LogP contribution in [0.5, 0.6) is 0 Å². The molecular weight excluding hydrogens is 364 g/mol.